The van der Waals surface area contributed by atoms with E-state index in [2.05, 4.69) is 6.58 Å². The fourth-order valence-electron chi connectivity index (χ4n) is 1.27. The molecule has 1 fully saturated rings. The summed E-state index contributed by atoms with van der Waals surface area (Å²) >= 11 is 0. The van der Waals surface area contributed by atoms with Crippen LogP contribution in [0.2, 0.25) is 0 Å². The Labute approximate surface area is 79.2 Å². The molecule has 0 unspecified atom stereocenters. The molecule has 1 atom stereocenters. The molecule has 1 saturated heterocycles. The maximum Gasteiger partial charge on any atom is 0.227 e. The first-order chi connectivity index (χ1) is 6.25. The summed E-state index contributed by atoms with van der Waals surface area (Å²) in [6.07, 6.45) is 9.39. The number of nitrogens with zero attached hydrogens (tertiary/aromatic N) is 1. The van der Waals surface area contributed by atoms with E-state index in [4.69, 9.17) is 0 Å². The van der Waals surface area contributed by atoms with Crippen LogP contribution in [0.5, 0.6) is 0 Å². The number of allylic oxidation sites excluding steroid dienone is 4. The van der Waals surface area contributed by atoms with E-state index in [1.54, 1.807) is 6.08 Å². The molecule has 0 aromatic rings. The van der Waals surface area contributed by atoms with Crippen LogP contribution in [-0.4, -0.2) is 23.9 Å². The van der Waals surface area contributed by atoms with Crippen LogP contribution in [0.3, 0.4) is 0 Å². The highest BCUT2D eigenvalue weighted by Crippen LogP contribution is 2.15. The van der Waals surface area contributed by atoms with Crippen LogP contribution < -0.4 is 0 Å². The van der Waals surface area contributed by atoms with Crippen LogP contribution in [0.15, 0.2) is 37.0 Å². The van der Waals surface area contributed by atoms with Gasteiger partial charge < -0.3 is 4.90 Å². The van der Waals surface area contributed by atoms with E-state index in [-0.39, 0.29) is 11.8 Å². The Kier molecular flexibility index (Phi) is 3.50. The fraction of sp³-hybridized carbons (Fsp3) is 0.364. The van der Waals surface area contributed by atoms with Crippen molar-refractivity contribution >= 4 is 5.91 Å². The van der Waals surface area contributed by atoms with E-state index < -0.39 is 0 Å². The van der Waals surface area contributed by atoms with Crippen LogP contribution in [0, 0.1) is 5.92 Å². The molecule has 13 heavy (non-hydrogen) atoms. The molecule has 0 saturated carbocycles. The molecule has 1 rings (SSSR count). The van der Waals surface area contributed by atoms with Gasteiger partial charge in [0.25, 0.3) is 0 Å². The van der Waals surface area contributed by atoms with Crippen LogP contribution >= 0.6 is 0 Å². The third-order valence-corrected chi connectivity index (χ3v) is 2.05. The Morgan fingerprint density at radius 2 is 2.31 bits per heavy atom. The van der Waals surface area contributed by atoms with Gasteiger partial charge in [0.1, 0.15) is 0 Å². The molecule has 0 bridgehead atoms. The number of carbonyl (C=O) groups excluding carboxylic acids is 1. The summed E-state index contributed by atoms with van der Waals surface area (Å²) in [6, 6.07) is 0. The van der Waals surface area contributed by atoms with Crippen molar-refractivity contribution in [2.24, 2.45) is 5.92 Å². The first kappa shape index (κ1) is 9.78. The van der Waals surface area contributed by atoms with Crippen LogP contribution in [0.1, 0.15) is 6.92 Å². The van der Waals surface area contributed by atoms with E-state index in [1.807, 2.05) is 36.1 Å². The van der Waals surface area contributed by atoms with Crippen molar-refractivity contribution < 1.29 is 4.79 Å². The molecule has 2 nitrogen and oxygen atoms in total. The van der Waals surface area contributed by atoms with Gasteiger partial charge in [0.2, 0.25) is 5.91 Å². The van der Waals surface area contributed by atoms with Crippen LogP contribution in [0.4, 0.5) is 0 Å². The van der Waals surface area contributed by atoms with Gasteiger partial charge >= 0.3 is 0 Å². The van der Waals surface area contributed by atoms with E-state index in [1.165, 1.54) is 0 Å². The van der Waals surface area contributed by atoms with Crippen molar-refractivity contribution in [3.63, 3.8) is 0 Å². The molecular weight excluding hydrogens is 162 g/mol. The molecule has 0 N–H and O–H groups in total. The number of β-lactam (4-membered cyclic amide) rings is 1. The van der Waals surface area contributed by atoms with Crippen molar-refractivity contribution in [2.45, 2.75) is 6.92 Å². The zero-order chi connectivity index (χ0) is 9.68. The van der Waals surface area contributed by atoms with Crippen molar-refractivity contribution in [3.8, 4) is 0 Å². The summed E-state index contributed by atoms with van der Waals surface area (Å²) in [4.78, 5) is 13.0. The summed E-state index contributed by atoms with van der Waals surface area (Å²) in [5.41, 5.74) is 0. The lowest BCUT2D eigenvalue weighted by atomic mass is 10.0. The molecule has 1 amide bonds. The average molecular weight is 177 g/mol. The van der Waals surface area contributed by atoms with Gasteiger partial charge in [0, 0.05) is 13.1 Å². The zero-order valence-corrected chi connectivity index (χ0v) is 7.94. The number of hydrogen-bond acceptors (Lipinski definition) is 1. The SMILES string of the molecule is C=C/C=C\C=C/CN1C[C@H](C)C1=O. The minimum absolute atomic E-state index is 0.233. The van der Waals surface area contributed by atoms with Crippen LogP contribution in [-0.2, 0) is 4.79 Å². The van der Waals surface area contributed by atoms with Gasteiger partial charge in [-0.1, -0.05) is 43.9 Å². The second-order valence-electron chi connectivity index (χ2n) is 3.19. The van der Waals surface area contributed by atoms with E-state index >= 15 is 0 Å². The second-order valence-corrected chi connectivity index (χ2v) is 3.19. The predicted molar refractivity (Wildman–Crippen MR) is 54.2 cm³/mol. The topological polar surface area (TPSA) is 20.3 Å². The van der Waals surface area contributed by atoms with Crippen molar-refractivity contribution in [1.29, 1.82) is 0 Å². The molecule has 1 heterocycles. The van der Waals surface area contributed by atoms with Gasteiger partial charge in [-0.25, -0.2) is 0 Å². The largest absolute Gasteiger partial charge is 0.338 e. The normalized spacial score (nSPS) is 22.7. The first-order valence-electron chi connectivity index (χ1n) is 4.48. The van der Waals surface area contributed by atoms with Crippen LogP contribution in [0.25, 0.3) is 0 Å². The third kappa shape index (κ3) is 2.58. The molecule has 1 aliphatic heterocycles. The molecule has 0 aromatic heterocycles. The maximum absolute atomic E-state index is 11.1. The standard InChI is InChI=1S/C11H15NO/c1-3-4-5-6-7-8-12-9-10(2)11(12)13/h3-7,10H,1,8-9H2,2H3/b5-4-,7-6-/t10-/m0/s1. The van der Waals surface area contributed by atoms with Gasteiger partial charge in [-0.05, 0) is 0 Å². The van der Waals surface area contributed by atoms with Gasteiger partial charge in [0.15, 0.2) is 0 Å². The number of rotatable bonds is 4. The number of amides is 1. The third-order valence-electron chi connectivity index (χ3n) is 2.05. The summed E-state index contributed by atoms with van der Waals surface area (Å²) in [6.45, 7) is 7.14. The van der Waals surface area contributed by atoms with Crippen molar-refractivity contribution in [2.75, 3.05) is 13.1 Å². The lowest BCUT2D eigenvalue weighted by Crippen LogP contribution is -2.50. The molecular formula is C11H15NO. The lowest BCUT2D eigenvalue weighted by molar-refractivity contribution is -0.145. The first-order valence-corrected chi connectivity index (χ1v) is 4.48. The Morgan fingerprint density at radius 1 is 1.54 bits per heavy atom. The number of carbonyl (C=O) groups is 1. The Hall–Kier alpha value is -1.31. The zero-order valence-electron chi connectivity index (χ0n) is 7.94. The summed E-state index contributed by atoms with van der Waals surface area (Å²) in [5.74, 6) is 0.495. The number of likely N-dealkylation sites (tertiary alicyclic amines) is 1. The van der Waals surface area contributed by atoms with E-state index in [9.17, 15) is 4.79 Å². The summed E-state index contributed by atoms with van der Waals surface area (Å²) in [7, 11) is 0. The minimum atomic E-state index is 0.233. The number of hydrogen-bond donors (Lipinski definition) is 0. The van der Waals surface area contributed by atoms with Crippen molar-refractivity contribution in [1.82, 2.24) is 4.90 Å². The molecule has 70 valence electrons. The maximum atomic E-state index is 11.1. The lowest BCUT2D eigenvalue weighted by Gasteiger charge is -2.35. The monoisotopic (exact) mass is 177 g/mol. The highest BCUT2D eigenvalue weighted by molar-refractivity contribution is 5.84. The Balaban J connectivity index is 2.20. The molecule has 0 radical (unpaired) electrons. The smallest absolute Gasteiger partial charge is 0.227 e. The second kappa shape index (κ2) is 4.65. The molecule has 2 heteroatoms. The molecule has 0 spiro atoms. The predicted octanol–water partition coefficient (Wildman–Crippen LogP) is 1.76. The molecule has 1 aliphatic rings. The van der Waals surface area contributed by atoms with Gasteiger partial charge in [-0.15, -0.1) is 0 Å². The van der Waals surface area contributed by atoms with Crippen molar-refractivity contribution in [3.05, 3.63) is 37.0 Å². The summed E-state index contributed by atoms with van der Waals surface area (Å²) in [5, 5.41) is 0. The Morgan fingerprint density at radius 3 is 2.85 bits per heavy atom. The van der Waals surface area contributed by atoms with E-state index in [0.29, 0.717) is 0 Å². The van der Waals surface area contributed by atoms with Gasteiger partial charge in [-0.2, -0.15) is 0 Å². The van der Waals surface area contributed by atoms with E-state index in [0.717, 1.165) is 13.1 Å². The van der Waals surface area contributed by atoms with Gasteiger partial charge in [-0.3, -0.25) is 4.79 Å². The molecule has 0 aliphatic carbocycles. The Bertz CT molecular complexity index is 253. The quantitative estimate of drug-likeness (QED) is 0.473. The minimum Gasteiger partial charge on any atom is -0.338 e. The summed E-state index contributed by atoms with van der Waals surface area (Å²) < 4.78 is 0. The molecule has 0 aromatic carbocycles. The highest BCUT2D eigenvalue weighted by Gasteiger charge is 2.31. The highest BCUT2D eigenvalue weighted by atomic mass is 16.2. The average Bonchev–Trinajstić information content (AvgIpc) is 2.15. The fourth-order valence-corrected chi connectivity index (χ4v) is 1.27. The van der Waals surface area contributed by atoms with Gasteiger partial charge in [0.05, 0.1) is 5.92 Å².